The van der Waals surface area contributed by atoms with E-state index in [0.29, 0.717) is 22.0 Å². The molecule has 0 spiro atoms. The molecular weight excluding hydrogens is 330 g/mol. The summed E-state index contributed by atoms with van der Waals surface area (Å²) < 4.78 is 1.33. The lowest BCUT2D eigenvalue weighted by atomic mass is 10.1. The van der Waals surface area contributed by atoms with Crippen molar-refractivity contribution in [3.05, 3.63) is 69.6 Å². The summed E-state index contributed by atoms with van der Waals surface area (Å²) in [6, 6.07) is 12.2. The van der Waals surface area contributed by atoms with Crippen molar-refractivity contribution in [1.82, 2.24) is 9.78 Å². The lowest BCUT2D eigenvalue weighted by molar-refractivity contribution is 0.102. The van der Waals surface area contributed by atoms with E-state index < -0.39 is 5.91 Å². The van der Waals surface area contributed by atoms with Gasteiger partial charge in [-0.2, -0.15) is 5.10 Å². The van der Waals surface area contributed by atoms with Crippen LogP contribution in [0.3, 0.4) is 0 Å². The van der Waals surface area contributed by atoms with Gasteiger partial charge in [-0.25, -0.2) is 4.68 Å². The molecule has 0 aliphatic heterocycles. The van der Waals surface area contributed by atoms with Gasteiger partial charge in [0.2, 0.25) is 0 Å². The fourth-order valence-electron chi connectivity index (χ4n) is 2.81. The molecule has 0 saturated carbocycles. The Morgan fingerprint density at radius 2 is 1.88 bits per heavy atom. The number of carbonyl (C=O) groups excluding carboxylic acids is 1. The van der Waals surface area contributed by atoms with Crippen molar-refractivity contribution >= 4 is 22.4 Å². The van der Waals surface area contributed by atoms with Crippen molar-refractivity contribution in [3.63, 3.8) is 0 Å². The number of benzene rings is 2. The number of anilines is 1. The van der Waals surface area contributed by atoms with Crippen LogP contribution in [0.4, 0.5) is 5.69 Å². The molecule has 3 aromatic rings. The van der Waals surface area contributed by atoms with Crippen molar-refractivity contribution < 1.29 is 9.90 Å². The highest BCUT2D eigenvalue weighted by atomic mass is 16.3. The average molecular weight is 351 g/mol. The molecular formula is C20H21N3O3. The first kappa shape index (κ1) is 17.8. The maximum Gasteiger partial charge on any atom is 0.276 e. The van der Waals surface area contributed by atoms with Gasteiger partial charge in [0.05, 0.1) is 18.0 Å². The van der Waals surface area contributed by atoms with Crippen LogP contribution in [-0.4, -0.2) is 20.8 Å². The number of fused-ring (bicyclic) bond motifs is 1. The topological polar surface area (TPSA) is 84.2 Å². The van der Waals surface area contributed by atoms with Gasteiger partial charge in [0.15, 0.2) is 5.69 Å². The molecule has 0 aliphatic carbocycles. The van der Waals surface area contributed by atoms with Gasteiger partial charge < -0.3 is 10.4 Å². The summed E-state index contributed by atoms with van der Waals surface area (Å²) >= 11 is 0. The quantitative estimate of drug-likeness (QED) is 0.757. The van der Waals surface area contributed by atoms with Crippen LogP contribution in [0, 0.1) is 6.92 Å². The Hall–Kier alpha value is -2.99. The molecule has 26 heavy (non-hydrogen) atoms. The van der Waals surface area contributed by atoms with E-state index in [4.69, 9.17) is 0 Å². The third-order valence-electron chi connectivity index (χ3n) is 4.27. The van der Waals surface area contributed by atoms with Crippen LogP contribution in [0.1, 0.15) is 41.5 Å². The minimum Gasteiger partial charge on any atom is -0.392 e. The van der Waals surface area contributed by atoms with Crippen LogP contribution >= 0.6 is 0 Å². The van der Waals surface area contributed by atoms with Crippen LogP contribution in [0.5, 0.6) is 0 Å². The Kier molecular flexibility index (Phi) is 4.86. The molecule has 0 aliphatic rings. The number of hydrogen-bond acceptors (Lipinski definition) is 4. The molecule has 1 amide bonds. The van der Waals surface area contributed by atoms with Gasteiger partial charge in [-0.15, -0.1) is 0 Å². The monoisotopic (exact) mass is 351 g/mol. The smallest absolute Gasteiger partial charge is 0.276 e. The Morgan fingerprint density at radius 3 is 2.54 bits per heavy atom. The van der Waals surface area contributed by atoms with Crippen molar-refractivity contribution in [2.75, 3.05) is 5.32 Å². The minimum absolute atomic E-state index is 0.109. The highest BCUT2D eigenvalue weighted by molar-refractivity contribution is 6.11. The predicted molar refractivity (Wildman–Crippen MR) is 101 cm³/mol. The van der Waals surface area contributed by atoms with E-state index in [1.807, 2.05) is 26.8 Å². The fraction of sp³-hybridized carbons (Fsp3) is 0.250. The molecule has 0 radical (unpaired) electrons. The number of nitrogens with zero attached hydrogens (tertiary/aromatic N) is 2. The predicted octanol–water partition coefficient (Wildman–Crippen LogP) is 3.03. The Balaban J connectivity index is 2.11. The van der Waals surface area contributed by atoms with Gasteiger partial charge in [-0.05, 0) is 44.0 Å². The zero-order chi connectivity index (χ0) is 18.8. The van der Waals surface area contributed by atoms with Crippen LogP contribution in [0.25, 0.3) is 10.8 Å². The summed E-state index contributed by atoms with van der Waals surface area (Å²) in [5.74, 6) is -0.395. The summed E-state index contributed by atoms with van der Waals surface area (Å²) in [6.45, 7) is 5.46. The lowest BCUT2D eigenvalue weighted by Crippen LogP contribution is -2.29. The SMILES string of the molecule is Cc1ccc(CO)cc1NC(=O)c1nn(C(C)C)c(=O)c2ccccc12. The van der Waals surface area contributed by atoms with Crippen molar-refractivity contribution in [1.29, 1.82) is 0 Å². The first-order valence-electron chi connectivity index (χ1n) is 8.45. The molecule has 2 N–H and O–H groups in total. The Bertz CT molecular complexity index is 1040. The van der Waals surface area contributed by atoms with E-state index >= 15 is 0 Å². The van der Waals surface area contributed by atoms with E-state index in [-0.39, 0.29) is 23.9 Å². The van der Waals surface area contributed by atoms with Crippen LogP contribution in [-0.2, 0) is 6.61 Å². The lowest BCUT2D eigenvalue weighted by Gasteiger charge is -2.14. The zero-order valence-electron chi connectivity index (χ0n) is 15.0. The second kappa shape index (κ2) is 7.09. The number of amides is 1. The maximum absolute atomic E-state index is 12.9. The molecule has 0 bridgehead atoms. The van der Waals surface area contributed by atoms with Gasteiger partial charge in [0.1, 0.15) is 0 Å². The number of rotatable bonds is 4. The maximum atomic E-state index is 12.9. The summed E-state index contributed by atoms with van der Waals surface area (Å²) in [5, 5.41) is 17.4. The standard InChI is InChI=1S/C20H21N3O3/c1-12(2)23-20(26)16-7-5-4-6-15(16)18(22-23)19(25)21-17-10-14(11-24)9-8-13(17)3/h4-10,12,24H,11H2,1-3H3,(H,21,25). The van der Waals surface area contributed by atoms with E-state index in [9.17, 15) is 14.7 Å². The Morgan fingerprint density at radius 1 is 1.19 bits per heavy atom. The molecule has 3 rings (SSSR count). The van der Waals surface area contributed by atoms with Crippen molar-refractivity contribution in [3.8, 4) is 0 Å². The molecule has 6 nitrogen and oxygen atoms in total. The van der Waals surface area contributed by atoms with E-state index in [0.717, 1.165) is 5.56 Å². The van der Waals surface area contributed by atoms with E-state index in [2.05, 4.69) is 10.4 Å². The highest BCUT2D eigenvalue weighted by Crippen LogP contribution is 2.20. The van der Waals surface area contributed by atoms with Gasteiger partial charge in [0.25, 0.3) is 11.5 Å². The van der Waals surface area contributed by atoms with Crippen LogP contribution in [0.2, 0.25) is 0 Å². The molecule has 1 aromatic heterocycles. The number of aliphatic hydroxyl groups is 1. The van der Waals surface area contributed by atoms with Gasteiger partial charge >= 0.3 is 0 Å². The molecule has 0 atom stereocenters. The number of carbonyl (C=O) groups is 1. The second-order valence-electron chi connectivity index (χ2n) is 6.50. The highest BCUT2D eigenvalue weighted by Gasteiger charge is 2.18. The first-order valence-corrected chi connectivity index (χ1v) is 8.45. The zero-order valence-corrected chi connectivity index (χ0v) is 15.0. The number of hydrogen-bond donors (Lipinski definition) is 2. The minimum atomic E-state index is -0.395. The Labute approximate surface area is 151 Å². The number of aryl methyl sites for hydroxylation is 1. The molecule has 0 unspecified atom stereocenters. The molecule has 0 fully saturated rings. The molecule has 2 aromatic carbocycles. The first-order chi connectivity index (χ1) is 12.4. The van der Waals surface area contributed by atoms with Crippen LogP contribution in [0.15, 0.2) is 47.3 Å². The van der Waals surface area contributed by atoms with Gasteiger partial charge in [-0.3, -0.25) is 9.59 Å². The summed E-state index contributed by atoms with van der Waals surface area (Å²) in [7, 11) is 0. The number of nitrogens with one attached hydrogen (secondary N) is 1. The number of aliphatic hydroxyl groups excluding tert-OH is 1. The molecule has 134 valence electrons. The van der Waals surface area contributed by atoms with Gasteiger partial charge in [0, 0.05) is 11.1 Å². The van der Waals surface area contributed by atoms with Crippen LogP contribution < -0.4 is 10.9 Å². The molecule has 6 heteroatoms. The second-order valence-corrected chi connectivity index (χ2v) is 6.50. The summed E-state index contributed by atoms with van der Waals surface area (Å²) in [6.07, 6.45) is 0. The van der Waals surface area contributed by atoms with Crippen molar-refractivity contribution in [2.24, 2.45) is 0 Å². The van der Waals surface area contributed by atoms with Crippen molar-refractivity contribution in [2.45, 2.75) is 33.4 Å². The summed E-state index contributed by atoms with van der Waals surface area (Å²) in [5.41, 5.74) is 2.16. The summed E-state index contributed by atoms with van der Waals surface area (Å²) in [4.78, 5) is 25.5. The molecule has 0 saturated heterocycles. The largest absolute Gasteiger partial charge is 0.392 e. The third kappa shape index (κ3) is 3.23. The van der Waals surface area contributed by atoms with E-state index in [1.165, 1.54) is 4.68 Å². The number of aromatic nitrogens is 2. The average Bonchev–Trinajstić information content (AvgIpc) is 2.63. The normalized spacial score (nSPS) is 11.1. The fourth-order valence-corrected chi connectivity index (χ4v) is 2.81. The molecule has 1 heterocycles. The van der Waals surface area contributed by atoms with E-state index in [1.54, 1.807) is 36.4 Å². The third-order valence-corrected chi connectivity index (χ3v) is 4.27. The van der Waals surface area contributed by atoms with Gasteiger partial charge in [-0.1, -0.05) is 30.3 Å².